The van der Waals surface area contributed by atoms with E-state index >= 15 is 0 Å². The Morgan fingerprint density at radius 1 is 1.15 bits per heavy atom. The highest BCUT2D eigenvalue weighted by Gasteiger charge is 2.17. The molecule has 0 unspecified atom stereocenters. The number of rotatable bonds is 6. The molecule has 0 radical (unpaired) electrons. The Hall–Kier alpha value is -3.18. The van der Waals surface area contributed by atoms with Crippen molar-refractivity contribution in [3.63, 3.8) is 0 Å². The molecule has 26 heavy (non-hydrogen) atoms. The number of sulfonamides is 1. The number of hydrogen-bond acceptors (Lipinski definition) is 7. The Balaban J connectivity index is 1.65. The summed E-state index contributed by atoms with van der Waals surface area (Å²) >= 11 is 0. The van der Waals surface area contributed by atoms with Crippen LogP contribution in [0.5, 0.6) is 0 Å². The standard InChI is InChI=1S/C15H13N5O5S/c21-15(19-14-4-2-1-3-13(14)17-18-19)9-10-16-26(24,25)12-7-5-11(6-8-12)20(22)23/h1-8,16H,9-10H2. The molecule has 3 aromatic rings. The second kappa shape index (κ2) is 6.98. The van der Waals surface area contributed by atoms with E-state index in [1.54, 1.807) is 24.3 Å². The van der Waals surface area contributed by atoms with Crippen molar-refractivity contribution in [2.45, 2.75) is 11.3 Å². The van der Waals surface area contributed by atoms with Crippen LogP contribution >= 0.6 is 0 Å². The first kappa shape index (κ1) is 17.6. The van der Waals surface area contributed by atoms with Crippen LogP contribution in [0.1, 0.15) is 11.2 Å². The molecule has 0 atom stereocenters. The maximum absolute atomic E-state index is 12.2. The number of nitrogens with one attached hydrogen (secondary N) is 1. The van der Waals surface area contributed by atoms with Gasteiger partial charge in [0.05, 0.1) is 15.3 Å². The van der Waals surface area contributed by atoms with Gasteiger partial charge in [-0.25, -0.2) is 13.1 Å². The minimum Gasteiger partial charge on any atom is -0.272 e. The predicted octanol–water partition coefficient (Wildman–Crippen LogP) is 1.35. The first-order valence-electron chi connectivity index (χ1n) is 7.46. The van der Waals surface area contributed by atoms with Gasteiger partial charge >= 0.3 is 0 Å². The summed E-state index contributed by atoms with van der Waals surface area (Å²) in [6.45, 7) is -0.146. The number of carbonyl (C=O) groups excluding carboxylic acids is 1. The molecule has 3 rings (SSSR count). The lowest BCUT2D eigenvalue weighted by Gasteiger charge is -2.06. The summed E-state index contributed by atoms with van der Waals surface area (Å²) in [4.78, 5) is 22.1. The fourth-order valence-electron chi connectivity index (χ4n) is 2.28. The lowest BCUT2D eigenvalue weighted by atomic mass is 10.3. The summed E-state index contributed by atoms with van der Waals surface area (Å²) in [6, 6.07) is 11.4. The fourth-order valence-corrected chi connectivity index (χ4v) is 3.31. The highest BCUT2D eigenvalue weighted by Crippen LogP contribution is 2.15. The maximum Gasteiger partial charge on any atom is 0.269 e. The predicted molar refractivity (Wildman–Crippen MR) is 91.1 cm³/mol. The SMILES string of the molecule is O=C(CCNS(=O)(=O)c1ccc([N+](=O)[O-])cc1)n1nnc2ccccc21. The van der Waals surface area contributed by atoms with Gasteiger partial charge in [0.1, 0.15) is 5.52 Å². The van der Waals surface area contributed by atoms with Crippen molar-refractivity contribution >= 4 is 32.7 Å². The largest absolute Gasteiger partial charge is 0.272 e. The van der Waals surface area contributed by atoms with E-state index in [0.717, 1.165) is 28.9 Å². The number of aromatic nitrogens is 3. The number of hydrogen-bond donors (Lipinski definition) is 1. The molecule has 1 N–H and O–H groups in total. The van der Waals surface area contributed by atoms with E-state index in [0.29, 0.717) is 11.0 Å². The number of para-hydroxylation sites is 1. The second-order valence-electron chi connectivity index (χ2n) is 5.28. The topological polar surface area (TPSA) is 137 Å². The number of nitro groups is 1. The minimum absolute atomic E-state index is 0.123. The molecule has 1 aromatic heterocycles. The number of benzene rings is 2. The first-order valence-corrected chi connectivity index (χ1v) is 8.94. The molecule has 1 heterocycles. The van der Waals surface area contributed by atoms with E-state index in [1.807, 2.05) is 0 Å². The molecule has 0 saturated carbocycles. The van der Waals surface area contributed by atoms with Gasteiger partial charge in [-0.15, -0.1) is 5.10 Å². The fraction of sp³-hybridized carbons (Fsp3) is 0.133. The van der Waals surface area contributed by atoms with Crippen LogP contribution in [0.25, 0.3) is 11.0 Å². The molecule has 0 amide bonds. The van der Waals surface area contributed by atoms with Crippen LogP contribution in [0.4, 0.5) is 5.69 Å². The molecule has 2 aromatic carbocycles. The van der Waals surface area contributed by atoms with Crippen LogP contribution in [0.2, 0.25) is 0 Å². The third-order valence-corrected chi connectivity index (χ3v) is 5.05. The minimum atomic E-state index is -3.88. The van der Waals surface area contributed by atoms with Crippen LogP contribution in [-0.2, 0) is 10.0 Å². The van der Waals surface area contributed by atoms with Crippen LogP contribution < -0.4 is 4.72 Å². The zero-order valence-corrected chi connectivity index (χ0v) is 14.1. The van der Waals surface area contributed by atoms with Crippen molar-refractivity contribution in [1.82, 2.24) is 19.7 Å². The van der Waals surface area contributed by atoms with Gasteiger partial charge in [-0.05, 0) is 24.3 Å². The number of nitro benzene ring substituents is 1. The van der Waals surface area contributed by atoms with E-state index in [1.165, 1.54) is 0 Å². The number of nitrogens with zero attached hydrogens (tertiary/aromatic N) is 4. The Morgan fingerprint density at radius 3 is 2.54 bits per heavy atom. The summed E-state index contributed by atoms with van der Waals surface area (Å²) in [7, 11) is -3.88. The zero-order chi connectivity index (χ0) is 18.7. The molecule has 0 fully saturated rings. The molecule has 134 valence electrons. The zero-order valence-electron chi connectivity index (χ0n) is 13.3. The molecule has 0 bridgehead atoms. The van der Waals surface area contributed by atoms with Gasteiger partial charge in [0, 0.05) is 25.1 Å². The Kier molecular flexibility index (Phi) is 4.73. The van der Waals surface area contributed by atoms with Gasteiger partial charge in [-0.3, -0.25) is 14.9 Å². The molecule has 11 heteroatoms. The normalized spacial score (nSPS) is 11.5. The number of non-ortho nitro benzene ring substituents is 1. The van der Waals surface area contributed by atoms with Crippen molar-refractivity contribution in [3.8, 4) is 0 Å². The summed E-state index contributed by atoms with van der Waals surface area (Å²) in [5, 5.41) is 18.2. The van der Waals surface area contributed by atoms with Crippen molar-refractivity contribution in [2.75, 3.05) is 6.54 Å². The number of fused-ring (bicyclic) bond motifs is 1. The summed E-state index contributed by atoms with van der Waals surface area (Å²) in [5.74, 6) is -0.412. The molecule has 10 nitrogen and oxygen atoms in total. The smallest absolute Gasteiger partial charge is 0.269 e. The Morgan fingerprint density at radius 2 is 1.85 bits per heavy atom. The lowest BCUT2D eigenvalue weighted by molar-refractivity contribution is -0.384. The quantitative estimate of drug-likeness (QED) is 0.507. The maximum atomic E-state index is 12.2. The highest BCUT2D eigenvalue weighted by atomic mass is 32.2. The van der Waals surface area contributed by atoms with Crippen LogP contribution in [0.3, 0.4) is 0 Å². The Bertz CT molecular complexity index is 1080. The molecule has 0 spiro atoms. The molecular weight excluding hydrogens is 362 g/mol. The van der Waals surface area contributed by atoms with E-state index < -0.39 is 20.9 Å². The van der Waals surface area contributed by atoms with Crippen molar-refractivity contribution < 1.29 is 18.1 Å². The average Bonchev–Trinajstić information content (AvgIpc) is 3.05. The van der Waals surface area contributed by atoms with E-state index in [4.69, 9.17) is 0 Å². The summed E-state index contributed by atoms with van der Waals surface area (Å²) in [6.07, 6.45) is -0.125. The molecular formula is C15H13N5O5S. The van der Waals surface area contributed by atoms with Crippen LogP contribution in [-0.4, -0.2) is 40.8 Å². The van der Waals surface area contributed by atoms with Gasteiger partial charge in [0.15, 0.2) is 0 Å². The van der Waals surface area contributed by atoms with Crippen molar-refractivity contribution in [2.24, 2.45) is 0 Å². The molecule has 0 aliphatic carbocycles. The highest BCUT2D eigenvalue weighted by molar-refractivity contribution is 7.89. The van der Waals surface area contributed by atoms with Crippen LogP contribution in [0.15, 0.2) is 53.4 Å². The van der Waals surface area contributed by atoms with Gasteiger partial charge in [-0.2, -0.15) is 4.68 Å². The molecule has 0 aliphatic heterocycles. The third kappa shape index (κ3) is 3.58. The molecule has 0 aliphatic rings. The van der Waals surface area contributed by atoms with Gasteiger partial charge in [0.2, 0.25) is 15.9 Å². The average molecular weight is 375 g/mol. The summed E-state index contributed by atoms with van der Waals surface area (Å²) in [5.41, 5.74) is 0.889. The second-order valence-corrected chi connectivity index (χ2v) is 7.05. The van der Waals surface area contributed by atoms with E-state index in [9.17, 15) is 23.3 Å². The number of carbonyl (C=O) groups is 1. The summed E-state index contributed by atoms with van der Waals surface area (Å²) < 4.78 is 27.7. The van der Waals surface area contributed by atoms with Gasteiger partial charge < -0.3 is 0 Å². The monoisotopic (exact) mass is 375 g/mol. The third-order valence-electron chi connectivity index (χ3n) is 3.58. The van der Waals surface area contributed by atoms with Gasteiger partial charge in [0.25, 0.3) is 5.69 Å². The molecule has 0 saturated heterocycles. The van der Waals surface area contributed by atoms with Gasteiger partial charge in [-0.1, -0.05) is 17.3 Å². The van der Waals surface area contributed by atoms with E-state index in [2.05, 4.69) is 15.0 Å². The lowest BCUT2D eigenvalue weighted by Crippen LogP contribution is -2.27. The first-order chi connectivity index (χ1) is 12.4. The van der Waals surface area contributed by atoms with Crippen molar-refractivity contribution in [3.05, 3.63) is 58.6 Å². The van der Waals surface area contributed by atoms with E-state index in [-0.39, 0.29) is 23.5 Å². The van der Waals surface area contributed by atoms with Crippen molar-refractivity contribution in [1.29, 1.82) is 0 Å². The van der Waals surface area contributed by atoms with Crippen LogP contribution in [0, 0.1) is 10.1 Å². The Labute approximate surface area is 147 Å².